The van der Waals surface area contributed by atoms with Crippen LogP contribution in [0.2, 0.25) is 0 Å². The predicted molar refractivity (Wildman–Crippen MR) is 102 cm³/mol. The summed E-state index contributed by atoms with van der Waals surface area (Å²) in [5.74, 6) is 0.751. The topological polar surface area (TPSA) is 44.8 Å². The van der Waals surface area contributed by atoms with Gasteiger partial charge in [-0.25, -0.2) is 4.79 Å². The van der Waals surface area contributed by atoms with Crippen LogP contribution >= 0.6 is 15.9 Å². The van der Waals surface area contributed by atoms with Crippen molar-refractivity contribution in [2.45, 2.75) is 6.61 Å². The van der Waals surface area contributed by atoms with Gasteiger partial charge in [0.2, 0.25) is 0 Å². The summed E-state index contributed by atoms with van der Waals surface area (Å²) in [4.78, 5) is 11.5. The monoisotopic (exact) mass is 402 g/mol. The number of hydrogen-bond acceptors (Lipinski definition) is 4. The largest absolute Gasteiger partial charge is 0.493 e. The highest BCUT2D eigenvalue weighted by molar-refractivity contribution is 9.10. The first-order chi connectivity index (χ1) is 12.1. The van der Waals surface area contributed by atoms with Crippen molar-refractivity contribution in [2.24, 2.45) is 0 Å². The summed E-state index contributed by atoms with van der Waals surface area (Å²) in [6.07, 6.45) is 4.53. The van der Waals surface area contributed by atoms with Crippen molar-refractivity contribution >= 4 is 28.0 Å². The van der Waals surface area contributed by atoms with Crippen molar-refractivity contribution in [3.8, 4) is 11.5 Å². The van der Waals surface area contributed by atoms with E-state index in [-0.39, 0.29) is 6.61 Å². The molecule has 2 aromatic carbocycles. The summed E-state index contributed by atoms with van der Waals surface area (Å²) in [6.45, 7) is 4.11. The number of halogens is 1. The summed E-state index contributed by atoms with van der Waals surface area (Å²) in [7, 11) is 1.57. The quantitative estimate of drug-likeness (QED) is 0.362. The summed E-state index contributed by atoms with van der Waals surface area (Å²) in [5, 5.41) is 0. The molecule has 0 fully saturated rings. The fourth-order valence-electron chi connectivity index (χ4n) is 2.06. The van der Waals surface area contributed by atoms with E-state index in [4.69, 9.17) is 14.2 Å². The zero-order valence-corrected chi connectivity index (χ0v) is 15.5. The minimum atomic E-state index is -0.431. The molecule has 0 spiro atoms. The van der Waals surface area contributed by atoms with Gasteiger partial charge in [0.15, 0.2) is 11.5 Å². The zero-order chi connectivity index (χ0) is 18.1. The number of ether oxygens (including phenoxy) is 3. The third-order valence-corrected chi connectivity index (χ3v) is 3.82. The molecule has 2 aromatic rings. The van der Waals surface area contributed by atoms with E-state index in [1.165, 1.54) is 12.2 Å². The molecular formula is C20H19BrO4. The number of benzene rings is 2. The summed E-state index contributed by atoms with van der Waals surface area (Å²) < 4.78 is 16.9. The van der Waals surface area contributed by atoms with E-state index >= 15 is 0 Å². The van der Waals surface area contributed by atoms with Crippen LogP contribution in [-0.2, 0) is 16.1 Å². The maximum Gasteiger partial charge on any atom is 0.331 e. The lowest BCUT2D eigenvalue weighted by Crippen LogP contribution is -2.00. The van der Waals surface area contributed by atoms with Crippen LogP contribution in [0.5, 0.6) is 11.5 Å². The summed E-state index contributed by atoms with van der Waals surface area (Å²) in [6, 6.07) is 13.5. The normalized spacial score (nSPS) is 10.5. The number of hydrogen-bond donors (Lipinski definition) is 0. The molecule has 0 radical (unpaired) electrons. The third kappa shape index (κ3) is 5.80. The molecule has 2 rings (SSSR count). The van der Waals surface area contributed by atoms with E-state index < -0.39 is 5.97 Å². The third-order valence-electron chi connectivity index (χ3n) is 3.23. The average molecular weight is 403 g/mol. The molecule has 4 nitrogen and oxygen atoms in total. The highest BCUT2D eigenvalue weighted by Gasteiger charge is 2.11. The van der Waals surface area contributed by atoms with Crippen LogP contribution in [0.3, 0.4) is 0 Å². The molecule has 0 bridgehead atoms. The molecule has 0 atom stereocenters. The van der Waals surface area contributed by atoms with Gasteiger partial charge in [-0.15, -0.1) is 0 Å². The summed E-state index contributed by atoms with van der Waals surface area (Å²) in [5.41, 5.74) is 1.84. The van der Waals surface area contributed by atoms with Gasteiger partial charge in [-0.1, -0.05) is 43.0 Å². The SMILES string of the molecule is C=CCOC(=O)/C=C/c1cc(Br)c(OCc2ccccc2)c(OC)c1. The van der Waals surface area contributed by atoms with Crippen molar-refractivity contribution in [1.29, 1.82) is 0 Å². The lowest BCUT2D eigenvalue weighted by atomic mass is 10.2. The first-order valence-corrected chi connectivity index (χ1v) is 8.43. The molecule has 0 amide bonds. The Kier molecular flexibility index (Phi) is 7.29. The van der Waals surface area contributed by atoms with Gasteiger partial charge in [0.05, 0.1) is 11.6 Å². The molecule has 0 unspecified atom stereocenters. The van der Waals surface area contributed by atoms with Crippen LogP contribution in [0, 0.1) is 0 Å². The van der Waals surface area contributed by atoms with Crippen LogP contribution < -0.4 is 9.47 Å². The Hall–Kier alpha value is -2.53. The smallest absolute Gasteiger partial charge is 0.331 e. The first kappa shape index (κ1) is 18.8. The number of methoxy groups -OCH3 is 1. The average Bonchev–Trinajstić information content (AvgIpc) is 2.64. The first-order valence-electron chi connectivity index (χ1n) is 7.64. The molecule has 0 heterocycles. The number of carbonyl (C=O) groups excluding carboxylic acids is 1. The van der Waals surface area contributed by atoms with Gasteiger partial charge in [0, 0.05) is 6.08 Å². The minimum Gasteiger partial charge on any atom is -0.493 e. The maximum atomic E-state index is 11.5. The highest BCUT2D eigenvalue weighted by Crippen LogP contribution is 2.37. The molecular weight excluding hydrogens is 384 g/mol. The Bertz CT molecular complexity index is 754. The minimum absolute atomic E-state index is 0.183. The van der Waals surface area contributed by atoms with E-state index in [1.54, 1.807) is 19.3 Å². The van der Waals surface area contributed by atoms with Crippen molar-refractivity contribution in [1.82, 2.24) is 0 Å². The molecule has 0 aliphatic carbocycles. The van der Waals surface area contributed by atoms with Gasteiger partial charge >= 0.3 is 5.97 Å². The molecule has 0 N–H and O–H groups in total. The van der Waals surface area contributed by atoms with Gasteiger partial charge < -0.3 is 14.2 Å². The Morgan fingerprint density at radius 3 is 2.68 bits per heavy atom. The summed E-state index contributed by atoms with van der Waals surface area (Å²) >= 11 is 3.49. The van der Waals surface area contributed by atoms with E-state index in [1.807, 2.05) is 36.4 Å². The second-order valence-corrected chi connectivity index (χ2v) is 5.91. The number of esters is 1. The maximum absolute atomic E-state index is 11.5. The second-order valence-electron chi connectivity index (χ2n) is 5.06. The number of carbonyl (C=O) groups is 1. The Morgan fingerprint density at radius 1 is 1.24 bits per heavy atom. The lowest BCUT2D eigenvalue weighted by molar-refractivity contribution is -0.136. The van der Waals surface area contributed by atoms with Gasteiger partial charge in [-0.05, 0) is 45.3 Å². The Labute approximate surface area is 155 Å². The fraction of sp³-hybridized carbons (Fsp3) is 0.150. The van der Waals surface area contributed by atoms with Gasteiger partial charge in [-0.3, -0.25) is 0 Å². The van der Waals surface area contributed by atoms with E-state index in [9.17, 15) is 4.79 Å². The van der Waals surface area contributed by atoms with Crippen LogP contribution in [-0.4, -0.2) is 19.7 Å². The van der Waals surface area contributed by atoms with Crippen molar-refractivity contribution in [3.63, 3.8) is 0 Å². The van der Waals surface area contributed by atoms with Crippen LogP contribution in [0.4, 0.5) is 0 Å². The molecule has 0 saturated heterocycles. The van der Waals surface area contributed by atoms with E-state index in [2.05, 4.69) is 22.5 Å². The molecule has 5 heteroatoms. The zero-order valence-electron chi connectivity index (χ0n) is 13.9. The van der Waals surface area contributed by atoms with Gasteiger partial charge in [0.1, 0.15) is 13.2 Å². The van der Waals surface area contributed by atoms with Gasteiger partial charge in [0.25, 0.3) is 0 Å². The van der Waals surface area contributed by atoms with Crippen molar-refractivity contribution in [3.05, 3.63) is 76.8 Å². The molecule has 130 valence electrons. The molecule has 0 aromatic heterocycles. The van der Waals surface area contributed by atoms with Crippen LogP contribution in [0.1, 0.15) is 11.1 Å². The van der Waals surface area contributed by atoms with Crippen molar-refractivity contribution in [2.75, 3.05) is 13.7 Å². The lowest BCUT2D eigenvalue weighted by Gasteiger charge is -2.13. The molecule has 0 saturated carbocycles. The molecule has 25 heavy (non-hydrogen) atoms. The van der Waals surface area contributed by atoms with Crippen molar-refractivity contribution < 1.29 is 19.0 Å². The van der Waals surface area contributed by atoms with E-state index in [0.29, 0.717) is 18.1 Å². The highest BCUT2D eigenvalue weighted by atomic mass is 79.9. The van der Waals surface area contributed by atoms with Gasteiger partial charge in [-0.2, -0.15) is 0 Å². The number of rotatable bonds is 8. The Balaban J connectivity index is 2.13. The molecule has 0 aliphatic rings. The predicted octanol–water partition coefficient (Wildman–Crippen LogP) is 4.78. The molecule has 0 aliphatic heterocycles. The fourth-order valence-corrected chi connectivity index (χ4v) is 2.63. The van der Waals surface area contributed by atoms with E-state index in [0.717, 1.165) is 15.6 Å². The van der Waals surface area contributed by atoms with Crippen LogP contribution in [0.25, 0.3) is 6.08 Å². The van der Waals surface area contributed by atoms with Crippen LogP contribution in [0.15, 0.2) is 65.7 Å². The second kappa shape index (κ2) is 9.69. The standard InChI is InChI=1S/C20H19BrO4/c1-3-11-24-19(22)10-9-16-12-17(21)20(18(13-16)23-2)25-14-15-7-5-4-6-8-15/h3-10,12-13H,1,11,14H2,2H3/b10-9+. The Morgan fingerprint density at radius 2 is 2.00 bits per heavy atom.